The average molecular weight is 261 g/mol. The molecule has 0 saturated carbocycles. The van der Waals surface area contributed by atoms with Gasteiger partial charge in [-0.15, -0.1) is 0 Å². The molecule has 0 aliphatic carbocycles. The van der Waals surface area contributed by atoms with Gasteiger partial charge in [0.15, 0.2) is 6.61 Å². The van der Waals surface area contributed by atoms with Crippen molar-refractivity contribution in [3.8, 4) is 5.75 Å². The number of aromatic amines is 1. The Balaban J connectivity index is 1.82. The minimum Gasteiger partial charge on any atom is -0.484 e. The number of carbonyl (C=O) groups excluding carboxylic acids is 1. The Morgan fingerprint density at radius 1 is 1.42 bits per heavy atom. The number of benzene rings is 1. The molecule has 0 atom stereocenters. The number of carbonyl (C=O) groups is 1. The maximum absolute atomic E-state index is 11.8. The van der Waals surface area contributed by atoms with Gasteiger partial charge >= 0.3 is 0 Å². The van der Waals surface area contributed by atoms with Crippen molar-refractivity contribution < 1.29 is 9.53 Å². The van der Waals surface area contributed by atoms with E-state index in [2.05, 4.69) is 15.2 Å². The molecule has 0 radical (unpaired) electrons. The van der Waals surface area contributed by atoms with Gasteiger partial charge in [0.05, 0.1) is 6.54 Å². The molecule has 0 fully saturated rings. The van der Waals surface area contributed by atoms with Crippen molar-refractivity contribution in [2.24, 2.45) is 0 Å². The molecule has 1 aromatic carbocycles. The second kappa shape index (κ2) is 5.85. The largest absolute Gasteiger partial charge is 0.484 e. The van der Waals surface area contributed by atoms with Crippen molar-refractivity contribution in [2.45, 2.75) is 6.54 Å². The van der Waals surface area contributed by atoms with E-state index in [4.69, 9.17) is 10.5 Å². The zero-order valence-electron chi connectivity index (χ0n) is 10.5. The lowest BCUT2D eigenvalue weighted by molar-refractivity contribution is -0.132. The fraction of sp³-hybridized carbons (Fsp3) is 0.250. The van der Waals surface area contributed by atoms with E-state index < -0.39 is 0 Å². The second-order valence-corrected chi connectivity index (χ2v) is 4.04. The topological polar surface area (TPSA) is 97.1 Å². The summed E-state index contributed by atoms with van der Waals surface area (Å²) < 4.78 is 5.37. The quantitative estimate of drug-likeness (QED) is 0.760. The van der Waals surface area contributed by atoms with Gasteiger partial charge in [-0.3, -0.25) is 9.89 Å². The summed E-state index contributed by atoms with van der Waals surface area (Å²) in [6, 6.07) is 6.88. The molecule has 0 bridgehead atoms. The summed E-state index contributed by atoms with van der Waals surface area (Å²) in [5.41, 5.74) is 6.21. The Morgan fingerprint density at radius 3 is 2.79 bits per heavy atom. The number of likely N-dealkylation sites (N-methyl/N-ethyl adjacent to an activating group) is 1. The van der Waals surface area contributed by atoms with Gasteiger partial charge in [-0.25, -0.2) is 4.98 Å². The van der Waals surface area contributed by atoms with Crippen LogP contribution in [-0.4, -0.2) is 39.6 Å². The number of ether oxygens (including phenoxy) is 1. The summed E-state index contributed by atoms with van der Waals surface area (Å²) in [6.07, 6.45) is 1.40. The number of rotatable bonds is 5. The van der Waals surface area contributed by atoms with E-state index in [1.807, 2.05) is 0 Å². The second-order valence-electron chi connectivity index (χ2n) is 4.04. The summed E-state index contributed by atoms with van der Waals surface area (Å²) in [5, 5.41) is 6.41. The van der Waals surface area contributed by atoms with Crippen molar-refractivity contribution in [3.63, 3.8) is 0 Å². The monoisotopic (exact) mass is 261 g/mol. The number of H-pyrrole nitrogens is 1. The molecule has 100 valence electrons. The van der Waals surface area contributed by atoms with E-state index in [1.54, 1.807) is 31.3 Å². The van der Waals surface area contributed by atoms with Crippen molar-refractivity contribution >= 4 is 11.6 Å². The van der Waals surface area contributed by atoms with Crippen molar-refractivity contribution in [1.29, 1.82) is 0 Å². The lowest BCUT2D eigenvalue weighted by Gasteiger charge is -2.15. The summed E-state index contributed by atoms with van der Waals surface area (Å²) in [5.74, 6) is 1.09. The van der Waals surface area contributed by atoms with Crippen LogP contribution >= 0.6 is 0 Å². The third kappa shape index (κ3) is 3.70. The van der Waals surface area contributed by atoms with Crippen LogP contribution in [0.15, 0.2) is 30.6 Å². The molecule has 0 aliphatic rings. The molecule has 0 aliphatic heterocycles. The van der Waals surface area contributed by atoms with Crippen LogP contribution in [-0.2, 0) is 11.3 Å². The van der Waals surface area contributed by atoms with Gasteiger partial charge in [0, 0.05) is 12.7 Å². The van der Waals surface area contributed by atoms with E-state index in [-0.39, 0.29) is 12.5 Å². The average Bonchev–Trinajstić information content (AvgIpc) is 2.90. The highest BCUT2D eigenvalue weighted by Crippen LogP contribution is 2.13. The molecule has 1 amide bonds. The SMILES string of the molecule is CN(Cc1ncn[nH]1)C(=O)COc1ccc(N)cc1. The first-order chi connectivity index (χ1) is 9.15. The highest BCUT2D eigenvalue weighted by molar-refractivity contribution is 5.77. The van der Waals surface area contributed by atoms with Crippen molar-refractivity contribution in [1.82, 2.24) is 20.1 Å². The Labute approximate surface area is 110 Å². The van der Waals surface area contributed by atoms with Gasteiger partial charge in [0.25, 0.3) is 5.91 Å². The third-order valence-corrected chi connectivity index (χ3v) is 2.52. The number of aromatic nitrogens is 3. The molecule has 0 saturated heterocycles. The molecule has 19 heavy (non-hydrogen) atoms. The molecule has 2 aromatic rings. The minimum atomic E-state index is -0.145. The molecular weight excluding hydrogens is 246 g/mol. The normalized spacial score (nSPS) is 10.2. The van der Waals surface area contributed by atoms with Gasteiger partial charge in [0.1, 0.15) is 17.9 Å². The number of hydrogen-bond donors (Lipinski definition) is 2. The number of nitrogens with one attached hydrogen (secondary N) is 1. The number of amides is 1. The molecule has 2 rings (SSSR count). The molecular formula is C12H15N5O2. The molecule has 0 unspecified atom stereocenters. The zero-order chi connectivity index (χ0) is 13.7. The Bertz CT molecular complexity index is 524. The maximum atomic E-state index is 11.8. The molecule has 1 heterocycles. The molecule has 7 nitrogen and oxygen atoms in total. The van der Waals surface area contributed by atoms with Crippen LogP contribution in [0.1, 0.15) is 5.82 Å². The number of hydrogen-bond acceptors (Lipinski definition) is 5. The predicted molar refractivity (Wildman–Crippen MR) is 69.2 cm³/mol. The van der Waals surface area contributed by atoms with Gasteiger partial charge in [-0.05, 0) is 24.3 Å². The first kappa shape index (κ1) is 12.9. The molecule has 1 aromatic heterocycles. The Morgan fingerprint density at radius 2 is 2.16 bits per heavy atom. The molecule has 7 heteroatoms. The fourth-order valence-corrected chi connectivity index (χ4v) is 1.44. The van der Waals surface area contributed by atoms with E-state index in [0.29, 0.717) is 23.8 Å². The predicted octanol–water partition coefficient (Wildman–Crippen LogP) is 0.424. The van der Waals surface area contributed by atoms with Crippen LogP contribution in [0.4, 0.5) is 5.69 Å². The van der Waals surface area contributed by atoms with E-state index in [0.717, 1.165) is 0 Å². The first-order valence-corrected chi connectivity index (χ1v) is 5.71. The summed E-state index contributed by atoms with van der Waals surface area (Å²) in [6.45, 7) is 0.332. The van der Waals surface area contributed by atoms with E-state index in [9.17, 15) is 4.79 Å². The van der Waals surface area contributed by atoms with Gasteiger partial charge in [-0.1, -0.05) is 0 Å². The Hall–Kier alpha value is -2.57. The smallest absolute Gasteiger partial charge is 0.260 e. The highest BCUT2D eigenvalue weighted by atomic mass is 16.5. The molecule has 3 N–H and O–H groups in total. The summed E-state index contributed by atoms with van der Waals surface area (Å²) in [4.78, 5) is 17.3. The minimum absolute atomic E-state index is 0.0332. The Kier molecular flexibility index (Phi) is 3.97. The number of nitrogen functional groups attached to an aromatic ring is 1. The van der Waals surface area contributed by atoms with Crippen LogP contribution in [0.2, 0.25) is 0 Å². The lowest BCUT2D eigenvalue weighted by Crippen LogP contribution is -2.31. The maximum Gasteiger partial charge on any atom is 0.260 e. The van der Waals surface area contributed by atoms with Crippen LogP contribution < -0.4 is 10.5 Å². The fourth-order valence-electron chi connectivity index (χ4n) is 1.44. The van der Waals surface area contributed by atoms with Gasteiger partial charge < -0.3 is 15.4 Å². The van der Waals surface area contributed by atoms with E-state index >= 15 is 0 Å². The van der Waals surface area contributed by atoms with E-state index in [1.165, 1.54) is 11.2 Å². The standard InChI is InChI=1S/C12H15N5O2/c1-17(6-11-14-8-15-16-11)12(18)7-19-10-4-2-9(13)3-5-10/h2-5,8H,6-7,13H2,1H3,(H,14,15,16). The van der Waals surface area contributed by atoms with Crippen molar-refractivity contribution in [3.05, 3.63) is 36.4 Å². The van der Waals surface area contributed by atoms with Crippen LogP contribution in [0.3, 0.4) is 0 Å². The summed E-state index contributed by atoms with van der Waals surface area (Å²) in [7, 11) is 1.68. The van der Waals surface area contributed by atoms with Gasteiger partial charge in [-0.2, -0.15) is 5.10 Å². The first-order valence-electron chi connectivity index (χ1n) is 5.71. The van der Waals surface area contributed by atoms with Crippen LogP contribution in [0, 0.1) is 0 Å². The van der Waals surface area contributed by atoms with Gasteiger partial charge in [0.2, 0.25) is 0 Å². The number of nitrogens with zero attached hydrogens (tertiary/aromatic N) is 3. The number of anilines is 1. The highest BCUT2D eigenvalue weighted by Gasteiger charge is 2.11. The number of nitrogens with two attached hydrogens (primary N) is 1. The van der Waals surface area contributed by atoms with Crippen LogP contribution in [0.5, 0.6) is 5.75 Å². The lowest BCUT2D eigenvalue weighted by atomic mass is 10.3. The molecule has 0 spiro atoms. The van der Waals surface area contributed by atoms with Crippen LogP contribution in [0.25, 0.3) is 0 Å². The zero-order valence-corrected chi connectivity index (χ0v) is 10.5. The summed E-state index contributed by atoms with van der Waals surface area (Å²) >= 11 is 0. The third-order valence-electron chi connectivity index (χ3n) is 2.52. The van der Waals surface area contributed by atoms with Crippen molar-refractivity contribution in [2.75, 3.05) is 19.4 Å².